The molecule has 1 atom stereocenters. The van der Waals surface area contributed by atoms with Crippen LogP contribution in [0.1, 0.15) is 6.92 Å². The Morgan fingerprint density at radius 2 is 2.25 bits per heavy atom. The minimum absolute atomic E-state index is 0.397. The molecule has 0 unspecified atom stereocenters. The van der Waals surface area contributed by atoms with Crippen molar-refractivity contribution in [1.82, 2.24) is 19.7 Å². The van der Waals surface area contributed by atoms with Crippen LogP contribution in [0.15, 0.2) is 12.5 Å². The van der Waals surface area contributed by atoms with E-state index < -0.39 is 6.10 Å². The summed E-state index contributed by atoms with van der Waals surface area (Å²) in [5.41, 5.74) is 0.794. The lowest BCUT2D eigenvalue weighted by atomic mass is 10.3. The Kier molecular flexibility index (Phi) is 2.74. The highest BCUT2D eigenvalue weighted by Gasteiger charge is 2.12. The van der Waals surface area contributed by atoms with Gasteiger partial charge in [0.05, 0.1) is 17.7 Å². The van der Waals surface area contributed by atoms with Crippen LogP contribution in [0.3, 0.4) is 0 Å². The Morgan fingerprint density at radius 3 is 2.94 bits per heavy atom. The van der Waals surface area contributed by atoms with E-state index in [4.69, 9.17) is 0 Å². The molecule has 0 aromatic carbocycles. The smallest absolute Gasteiger partial charge is 0.163 e. The van der Waals surface area contributed by atoms with Crippen LogP contribution < -0.4 is 4.90 Å². The van der Waals surface area contributed by atoms with Crippen molar-refractivity contribution in [2.24, 2.45) is 7.05 Å². The first-order valence-corrected chi connectivity index (χ1v) is 5.11. The molecule has 0 aliphatic heterocycles. The molecular formula is C10H15N5O. The fraction of sp³-hybridized carbons (Fsp3) is 0.500. The van der Waals surface area contributed by atoms with E-state index in [-0.39, 0.29) is 0 Å². The van der Waals surface area contributed by atoms with Gasteiger partial charge in [0.25, 0.3) is 0 Å². The molecule has 0 aliphatic carbocycles. The van der Waals surface area contributed by atoms with E-state index >= 15 is 0 Å². The number of nitrogens with zero attached hydrogens (tertiary/aromatic N) is 5. The number of anilines is 1. The highest BCUT2D eigenvalue weighted by molar-refractivity contribution is 5.86. The first-order valence-electron chi connectivity index (χ1n) is 5.11. The van der Waals surface area contributed by atoms with Gasteiger partial charge in [-0.1, -0.05) is 0 Å². The Labute approximate surface area is 93.5 Å². The Hall–Kier alpha value is -1.69. The molecule has 2 aromatic rings. The molecule has 0 radical (unpaired) electrons. The Balaban J connectivity index is 2.44. The van der Waals surface area contributed by atoms with Crippen molar-refractivity contribution >= 4 is 16.9 Å². The molecule has 0 saturated carbocycles. The summed E-state index contributed by atoms with van der Waals surface area (Å²) in [6.07, 6.45) is 2.85. The summed E-state index contributed by atoms with van der Waals surface area (Å²) in [6, 6.07) is 0. The predicted molar refractivity (Wildman–Crippen MR) is 61.3 cm³/mol. The molecule has 0 fully saturated rings. The molecule has 2 rings (SSSR count). The van der Waals surface area contributed by atoms with Crippen molar-refractivity contribution in [3.8, 4) is 0 Å². The van der Waals surface area contributed by atoms with Crippen LogP contribution in [-0.4, -0.2) is 44.6 Å². The Bertz CT molecular complexity index is 493. The molecule has 2 aromatic heterocycles. The van der Waals surface area contributed by atoms with Crippen molar-refractivity contribution in [1.29, 1.82) is 0 Å². The molecule has 0 saturated heterocycles. The molecule has 0 bridgehead atoms. The van der Waals surface area contributed by atoms with Crippen LogP contribution in [0, 0.1) is 0 Å². The van der Waals surface area contributed by atoms with E-state index in [2.05, 4.69) is 15.1 Å². The number of aliphatic hydroxyl groups excluding tert-OH is 1. The molecule has 6 nitrogen and oxygen atoms in total. The second-order valence-corrected chi connectivity index (χ2v) is 3.93. The summed E-state index contributed by atoms with van der Waals surface area (Å²) < 4.78 is 1.71. The number of aliphatic hydroxyl groups is 1. The molecule has 0 aliphatic rings. The summed E-state index contributed by atoms with van der Waals surface area (Å²) in [4.78, 5) is 10.3. The third-order valence-corrected chi connectivity index (χ3v) is 2.41. The fourth-order valence-corrected chi connectivity index (χ4v) is 1.74. The summed E-state index contributed by atoms with van der Waals surface area (Å²) in [5.74, 6) is 0.791. The Morgan fingerprint density at radius 1 is 1.50 bits per heavy atom. The van der Waals surface area contributed by atoms with Gasteiger partial charge in [-0.25, -0.2) is 9.97 Å². The van der Waals surface area contributed by atoms with Crippen LogP contribution in [0.2, 0.25) is 0 Å². The van der Waals surface area contributed by atoms with Gasteiger partial charge in [0.2, 0.25) is 0 Å². The maximum atomic E-state index is 9.36. The lowest BCUT2D eigenvalue weighted by Crippen LogP contribution is -2.27. The fourth-order valence-electron chi connectivity index (χ4n) is 1.74. The van der Waals surface area contributed by atoms with E-state index in [1.807, 2.05) is 19.0 Å². The van der Waals surface area contributed by atoms with E-state index in [1.165, 1.54) is 6.33 Å². The van der Waals surface area contributed by atoms with Gasteiger partial charge >= 0.3 is 0 Å². The predicted octanol–water partition coefficient (Wildman–Crippen LogP) is 0.180. The van der Waals surface area contributed by atoms with Crippen molar-refractivity contribution in [3.05, 3.63) is 12.5 Å². The van der Waals surface area contributed by atoms with Gasteiger partial charge < -0.3 is 10.0 Å². The highest BCUT2D eigenvalue weighted by atomic mass is 16.3. The van der Waals surface area contributed by atoms with Gasteiger partial charge in [-0.05, 0) is 6.92 Å². The molecule has 2 heterocycles. The minimum Gasteiger partial charge on any atom is -0.392 e. The summed E-state index contributed by atoms with van der Waals surface area (Å²) in [7, 11) is 3.73. The average Bonchev–Trinajstić information content (AvgIpc) is 2.59. The number of rotatable bonds is 3. The largest absolute Gasteiger partial charge is 0.392 e. The SMILES string of the molecule is C[C@@H](O)CN(C)c1ncnc2c1cnn2C. The van der Waals surface area contributed by atoms with E-state index in [0.29, 0.717) is 6.54 Å². The molecular weight excluding hydrogens is 206 g/mol. The molecule has 1 N–H and O–H groups in total. The van der Waals surface area contributed by atoms with Gasteiger partial charge in [-0.2, -0.15) is 5.10 Å². The first-order chi connectivity index (χ1) is 7.59. The van der Waals surface area contributed by atoms with Crippen molar-refractivity contribution in [2.45, 2.75) is 13.0 Å². The summed E-state index contributed by atoms with van der Waals surface area (Å²) in [5, 5.41) is 14.4. The number of fused-ring (bicyclic) bond motifs is 1. The molecule has 0 spiro atoms. The summed E-state index contributed by atoms with van der Waals surface area (Å²) in [6.45, 7) is 2.28. The molecule has 0 amide bonds. The van der Waals surface area contributed by atoms with Crippen molar-refractivity contribution in [2.75, 3.05) is 18.5 Å². The van der Waals surface area contributed by atoms with E-state index in [0.717, 1.165) is 16.9 Å². The zero-order valence-electron chi connectivity index (χ0n) is 9.62. The topological polar surface area (TPSA) is 67.1 Å². The maximum absolute atomic E-state index is 9.36. The van der Waals surface area contributed by atoms with Gasteiger partial charge in [-0.15, -0.1) is 0 Å². The van der Waals surface area contributed by atoms with Crippen LogP contribution >= 0.6 is 0 Å². The van der Waals surface area contributed by atoms with E-state index in [1.54, 1.807) is 17.8 Å². The molecule has 16 heavy (non-hydrogen) atoms. The monoisotopic (exact) mass is 221 g/mol. The first kappa shape index (κ1) is 10.8. The second kappa shape index (κ2) is 4.05. The van der Waals surface area contributed by atoms with Gasteiger partial charge in [-0.3, -0.25) is 4.68 Å². The maximum Gasteiger partial charge on any atom is 0.163 e. The number of hydrogen-bond acceptors (Lipinski definition) is 5. The van der Waals surface area contributed by atoms with Gasteiger partial charge in [0.1, 0.15) is 12.1 Å². The normalized spacial score (nSPS) is 13.0. The quantitative estimate of drug-likeness (QED) is 0.800. The van der Waals surface area contributed by atoms with Crippen molar-refractivity contribution in [3.63, 3.8) is 0 Å². The molecule has 86 valence electrons. The van der Waals surface area contributed by atoms with Crippen LogP contribution in [-0.2, 0) is 7.05 Å². The van der Waals surface area contributed by atoms with Crippen LogP contribution in [0.25, 0.3) is 11.0 Å². The average molecular weight is 221 g/mol. The number of likely N-dealkylation sites (N-methyl/N-ethyl adjacent to an activating group) is 1. The van der Waals surface area contributed by atoms with Crippen LogP contribution in [0.5, 0.6) is 0 Å². The minimum atomic E-state index is -0.397. The van der Waals surface area contributed by atoms with Gasteiger partial charge in [0.15, 0.2) is 5.65 Å². The zero-order valence-corrected chi connectivity index (χ0v) is 9.62. The van der Waals surface area contributed by atoms with Crippen molar-refractivity contribution < 1.29 is 5.11 Å². The second-order valence-electron chi connectivity index (χ2n) is 3.93. The lowest BCUT2D eigenvalue weighted by molar-refractivity contribution is 0.201. The third-order valence-electron chi connectivity index (χ3n) is 2.41. The standard InChI is InChI=1S/C10H15N5O/c1-7(16)5-14(2)9-8-4-13-15(3)10(8)12-6-11-9/h4,6-7,16H,5H2,1-3H3/t7-/m1/s1. The zero-order chi connectivity index (χ0) is 11.7. The highest BCUT2D eigenvalue weighted by Crippen LogP contribution is 2.20. The third kappa shape index (κ3) is 1.83. The van der Waals surface area contributed by atoms with Gasteiger partial charge in [0, 0.05) is 20.6 Å². The number of hydrogen-bond donors (Lipinski definition) is 1. The van der Waals surface area contributed by atoms with E-state index in [9.17, 15) is 5.11 Å². The number of aromatic nitrogens is 4. The number of aryl methyl sites for hydroxylation is 1. The summed E-state index contributed by atoms with van der Waals surface area (Å²) >= 11 is 0. The lowest BCUT2D eigenvalue weighted by Gasteiger charge is -2.19. The molecule has 6 heteroatoms. The van der Waals surface area contributed by atoms with Crippen LogP contribution in [0.4, 0.5) is 5.82 Å².